The van der Waals surface area contributed by atoms with E-state index >= 15 is 0 Å². The van der Waals surface area contributed by atoms with Gasteiger partial charge in [0.2, 0.25) is 5.91 Å². The average molecular weight is 340 g/mol. The van der Waals surface area contributed by atoms with Crippen LogP contribution in [-0.4, -0.2) is 47.1 Å². The van der Waals surface area contributed by atoms with Gasteiger partial charge in [-0.05, 0) is 54.9 Å². The van der Waals surface area contributed by atoms with Crippen LogP contribution >= 0.6 is 11.8 Å². The van der Waals surface area contributed by atoms with Crippen molar-refractivity contribution in [1.82, 2.24) is 4.90 Å². The van der Waals surface area contributed by atoms with Gasteiger partial charge >= 0.3 is 0 Å². The summed E-state index contributed by atoms with van der Waals surface area (Å²) in [6.45, 7) is 1.24. The number of aliphatic hydroxyl groups is 1. The number of amides is 1. The number of nitrogens with zero attached hydrogens (tertiary/aromatic N) is 1. The highest BCUT2D eigenvalue weighted by molar-refractivity contribution is 7.98. The lowest BCUT2D eigenvalue weighted by atomic mass is 9.87. The Morgan fingerprint density at radius 2 is 2.00 bits per heavy atom. The number of nitrogens with two attached hydrogens (primary N) is 1. The molecule has 1 aliphatic heterocycles. The number of carbonyl (C=O) groups excluding carboxylic acids is 1. The van der Waals surface area contributed by atoms with Crippen LogP contribution in [0.5, 0.6) is 0 Å². The summed E-state index contributed by atoms with van der Waals surface area (Å²) < 4.78 is 13.0. The third-order valence-electron chi connectivity index (χ3n) is 4.46. The first kappa shape index (κ1) is 18.2. The maximum Gasteiger partial charge on any atom is 0.239 e. The molecule has 1 aliphatic rings. The molecule has 0 aromatic heterocycles. The maximum absolute atomic E-state index is 13.0. The molecule has 4 nitrogen and oxygen atoms in total. The van der Waals surface area contributed by atoms with Gasteiger partial charge < -0.3 is 15.7 Å². The molecule has 128 valence electrons. The number of piperidine rings is 1. The van der Waals surface area contributed by atoms with Gasteiger partial charge in [-0.2, -0.15) is 11.8 Å². The van der Waals surface area contributed by atoms with E-state index in [0.29, 0.717) is 19.5 Å². The van der Waals surface area contributed by atoms with E-state index in [4.69, 9.17) is 5.73 Å². The third kappa shape index (κ3) is 4.93. The molecule has 0 radical (unpaired) electrons. The highest BCUT2D eigenvalue weighted by atomic mass is 32.2. The van der Waals surface area contributed by atoms with Crippen LogP contribution in [0, 0.1) is 11.7 Å². The fraction of sp³-hybridized carbons (Fsp3) is 0.588. The maximum atomic E-state index is 13.0. The summed E-state index contributed by atoms with van der Waals surface area (Å²) >= 11 is 1.69. The predicted molar refractivity (Wildman–Crippen MR) is 91.6 cm³/mol. The van der Waals surface area contributed by atoms with Gasteiger partial charge in [-0.1, -0.05) is 12.1 Å². The molecule has 2 rings (SSSR count). The van der Waals surface area contributed by atoms with Crippen molar-refractivity contribution in [2.75, 3.05) is 25.1 Å². The predicted octanol–water partition coefficient (Wildman–Crippen LogP) is 2.18. The van der Waals surface area contributed by atoms with Gasteiger partial charge in [0.25, 0.3) is 0 Å². The molecule has 1 saturated heterocycles. The molecule has 1 aromatic carbocycles. The van der Waals surface area contributed by atoms with Gasteiger partial charge in [0, 0.05) is 13.1 Å². The second-order valence-corrected chi connectivity index (χ2v) is 7.03. The second kappa shape index (κ2) is 8.66. The minimum atomic E-state index is -0.613. The van der Waals surface area contributed by atoms with Crippen LogP contribution in [0.15, 0.2) is 24.3 Å². The number of rotatable bonds is 6. The Labute approximate surface area is 141 Å². The molecule has 1 fully saturated rings. The summed E-state index contributed by atoms with van der Waals surface area (Å²) in [6.07, 6.45) is 3.55. The molecule has 23 heavy (non-hydrogen) atoms. The van der Waals surface area contributed by atoms with Gasteiger partial charge in [-0.3, -0.25) is 4.79 Å². The zero-order valence-electron chi connectivity index (χ0n) is 13.5. The smallest absolute Gasteiger partial charge is 0.239 e. The van der Waals surface area contributed by atoms with Crippen molar-refractivity contribution in [1.29, 1.82) is 0 Å². The molecule has 6 heteroatoms. The van der Waals surface area contributed by atoms with Gasteiger partial charge in [0.1, 0.15) is 5.82 Å². The first-order valence-corrected chi connectivity index (χ1v) is 9.39. The van der Waals surface area contributed by atoms with E-state index in [1.165, 1.54) is 12.1 Å². The summed E-state index contributed by atoms with van der Waals surface area (Å²) in [5.41, 5.74) is 6.67. The molecule has 1 unspecified atom stereocenters. The van der Waals surface area contributed by atoms with Crippen LogP contribution < -0.4 is 5.73 Å². The lowest BCUT2D eigenvalue weighted by molar-refractivity contribution is -0.134. The standard InChI is InChI=1S/C17H25FN2O2S/c1-23-11-8-15(19)17(22)20-9-6-13(7-10-20)16(21)12-2-4-14(18)5-3-12/h2-5,13,15-16,21H,6-11,19H2,1H3/t15-,16?/m0/s1. The quantitative estimate of drug-likeness (QED) is 0.833. The minimum Gasteiger partial charge on any atom is -0.388 e. The van der Waals surface area contributed by atoms with Crippen molar-refractivity contribution in [2.45, 2.75) is 31.4 Å². The minimum absolute atomic E-state index is 0.00812. The van der Waals surface area contributed by atoms with E-state index in [9.17, 15) is 14.3 Å². The Balaban J connectivity index is 1.85. The van der Waals surface area contributed by atoms with Crippen LogP contribution in [0.25, 0.3) is 0 Å². The van der Waals surface area contributed by atoms with E-state index in [1.807, 2.05) is 6.26 Å². The summed E-state index contributed by atoms with van der Waals surface area (Å²) in [5, 5.41) is 10.4. The molecule has 0 spiro atoms. The Kier molecular flexibility index (Phi) is 6.87. The number of hydrogen-bond acceptors (Lipinski definition) is 4. The highest BCUT2D eigenvalue weighted by Gasteiger charge is 2.30. The molecule has 1 heterocycles. The molecular formula is C17H25FN2O2S. The molecule has 0 bridgehead atoms. The Morgan fingerprint density at radius 3 is 2.57 bits per heavy atom. The van der Waals surface area contributed by atoms with Crippen molar-refractivity contribution >= 4 is 17.7 Å². The molecular weight excluding hydrogens is 315 g/mol. The van der Waals surface area contributed by atoms with Crippen LogP contribution in [0.2, 0.25) is 0 Å². The highest BCUT2D eigenvalue weighted by Crippen LogP contribution is 2.31. The fourth-order valence-corrected chi connectivity index (χ4v) is 3.46. The number of thioether (sulfide) groups is 1. The van der Waals surface area contributed by atoms with Crippen molar-refractivity contribution in [3.63, 3.8) is 0 Å². The van der Waals surface area contributed by atoms with Crippen LogP contribution in [0.3, 0.4) is 0 Å². The molecule has 0 saturated carbocycles. The van der Waals surface area contributed by atoms with Crippen LogP contribution in [-0.2, 0) is 4.79 Å². The Hall–Kier alpha value is -1.11. The molecule has 3 N–H and O–H groups in total. The van der Waals surface area contributed by atoms with E-state index in [0.717, 1.165) is 24.2 Å². The zero-order chi connectivity index (χ0) is 16.8. The SMILES string of the molecule is CSCC[C@H](N)C(=O)N1CCC(C(O)c2ccc(F)cc2)CC1. The van der Waals surface area contributed by atoms with E-state index in [1.54, 1.807) is 28.8 Å². The summed E-state index contributed by atoms with van der Waals surface area (Å²) in [6, 6.07) is 5.54. The lowest BCUT2D eigenvalue weighted by Crippen LogP contribution is -2.47. The average Bonchev–Trinajstić information content (AvgIpc) is 2.59. The first-order valence-electron chi connectivity index (χ1n) is 7.99. The number of aliphatic hydroxyl groups excluding tert-OH is 1. The van der Waals surface area contributed by atoms with Crippen LogP contribution in [0.4, 0.5) is 4.39 Å². The number of halogens is 1. The fourth-order valence-electron chi connectivity index (χ4n) is 2.97. The first-order chi connectivity index (χ1) is 11.0. The number of carbonyl (C=O) groups is 1. The number of benzene rings is 1. The summed E-state index contributed by atoms with van der Waals surface area (Å²) in [5.74, 6) is 0.674. The van der Waals surface area contributed by atoms with Crippen molar-refractivity contribution in [2.24, 2.45) is 11.7 Å². The number of likely N-dealkylation sites (tertiary alicyclic amines) is 1. The lowest BCUT2D eigenvalue weighted by Gasteiger charge is -2.35. The van der Waals surface area contributed by atoms with E-state index < -0.39 is 12.1 Å². The Morgan fingerprint density at radius 1 is 1.39 bits per heavy atom. The normalized spacial score (nSPS) is 18.7. The number of hydrogen-bond donors (Lipinski definition) is 2. The van der Waals surface area contributed by atoms with Gasteiger partial charge in [-0.15, -0.1) is 0 Å². The molecule has 1 amide bonds. The summed E-state index contributed by atoms with van der Waals surface area (Å²) in [4.78, 5) is 14.1. The van der Waals surface area contributed by atoms with Gasteiger partial charge in [-0.25, -0.2) is 4.39 Å². The molecule has 2 atom stereocenters. The topological polar surface area (TPSA) is 66.6 Å². The van der Waals surface area contributed by atoms with E-state index in [-0.39, 0.29) is 17.6 Å². The summed E-state index contributed by atoms with van der Waals surface area (Å²) in [7, 11) is 0. The second-order valence-electron chi connectivity index (χ2n) is 6.05. The monoisotopic (exact) mass is 340 g/mol. The third-order valence-corrected chi connectivity index (χ3v) is 5.10. The largest absolute Gasteiger partial charge is 0.388 e. The van der Waals surface area contributed by atoms with Crippen LogP contribution in [0.1, 0.15) is 30.9 Å². The zero-order valence-corrected chi connectivity index (χ0v) is 14.3. The van der Waals surface area contributed by atoms with Gasteiger partial charge in [0.05, 0.1) is 12.1 Å². The van der Waals surface area contributed by atoms with Gasteiger partial charge in [0.15, 0.2) is 0 Å². The van der Waals surface area contributed by atoms with E-state index in [2.05, 4.69) is 0 Å². The Bertz CT molecular complexity index is 504. The van der Waals surface area contributed by atoms with Crippen molar-refractivity contribution < 1.29 is 14.3 Å². The molecule has 1 aromatic rings. The van der Waals surface area contributed by atoms with Crippen molar-refractivity contribution in [3.05, 3.63) is 35.6 Å². The van der Waals surface area contributed by atoms with Crippen molar-refractivity contribution in [3.8, 4) is 0 Å². The molecule has 0 aliphatic carbocycles.